The quantitative estimate of drug-likeness (QED) is 0.848. The van der Waals surface area contributed by atoms with Crippen molar-refractivity contribution in [3.63, 3.8) is 0 Å². The van der Waals surface area contributed by atoms with Crippen molar-refractivity contribution in [2.75, 3.05) is 18.0 Å². The molecule has 4 nitrogen and oxygen atoms in total. The molecule has 1 fully saturated rings. The number of aromatic nitrogens is 2. The van der Waals surface area contributed by atoms with Crippen LogP contribution in [0.5, 0.6) is 0 Å². The zero-order valence-corrected chi connectivity index (χ0v) is 10.1. The Balaban J connectivity index is 2.10. The Morgan fingerprint density at radius 2 is 2.40 bits per heavy atom. The molecule has 15 heavy (non-hydrogen) atoms. The predicted molar refractivity (Wildman–Crippen MR) is 63.4 cm³/mol. The molecule has 1 saturated heterocycles. The largest absolute Gasteiger partial charge is 0.341 e. The van der Waals surface area contributed by atoms with Crippen LogP contribution < -0.4 is 10.2 Å². The Hall–Kier alpha value is -0.680. The number of nitrogens with one attached hydrogen (secondary N) is 1. The van der Waals surface area contributed by atoms with Crippen molar-refractivity contribution in [2.45, 2.75) is 38.8 Å². The molecule has 2 atom stereocenters. The Bertz CT molecular complexity index is 288. The maximum absolute atomic E-state index is 4.31. The lowest BCUT2D eigenvalue weighted by molar-refractivity contribution is 0.378. The second-order valence-corrected chi connectivity index (χ2v) is 4.71. The van der Waals surface area contributed by atoms with Gasteiger partial charge < -0.3 is 10.2 Å². The Morgan fingerprint density at radius 3 is 3.00 bits per heavy atom. The molecular weight excluding hydrogens is 208 g/mol. The SMILES string of the molecule is CCC1CN(c2ncns2)C(CC)CN1. The molecule has 0 radical (unpaired) electrons. The number of hydrogen-bond acceptors (Lipinski definition) is 5. The first kappa shape index (κ1) is 10.8. The van der Waals surface area contributed by atoms with E-state index in [1.165, 1.54) is 18.0 Å². The minimum Gasteiger partial charge on any atom is -0.341 e. The summed E-state index contributed by atoms with van der Waals surface area (Å²) in [5.74, 6) is 0. The van der Waals surface area contributed by atoms with Crippen LogP contribution in [-0.4, -0.2) is 34.5 Å². The molecule has 1 aliphatic heterocycles. The van der Waals surface area contributed by atoms with E-state index >= 15 is 0 Å². The fraction of sp³-hybridized carbons (Fsp3) is 0.800. The first-order valence-electron chi connectivity index (χ1n) is 5.61. The molecule has 0 aliphatic carbocycles. The molecule has 1 N–H and O–H groups in total. The summed E-state index contributed by atoms with van der Waals surface area (Å²) in [7, 11) is 0. The van der Waals surface area contributed by atoms with E-state index in [0.717, 1.165) is 24.6 Å². The molecule has 0 spiro atoms. The average Bonchev–Trinajstić information content (AvgIpc) is 2.81. The summed E-state index contributed by atoms with van der Waals surface area (Å²) in [6.07, 6.45) is 3.98. The Kier molecular flexibility index (Phi) is 3.53. The highest BCUT2D eigenvalue weighted by Crippen LogP contribution is 2.22. The van der Waals surface area contributed by atoms with Crippen LogP contribution in [-0.2, 0) is 0 Å². The van der Waals surface area contributed by atoms with E-state index in [9.17, 15) is 0 Å². The smallest absolute Gasteiger partial charge is 0.205 e. The number of anilines is 1. The number of piperazine rings is 1. The summed E-state index contributed by atoms with van der Waals surface area (Å²) in [5.41, 5.74) is 0. The van der Waals surface area contributed by atoms with Crippen molar-refractivity contribution >= 4 is 16.7 Å². The molecule has 2 heterocycles. The zero-order chi connectivity index (χ0) is 10.7. The summed E-state index contributed by atoms with van der Waals surface area (Å²) in [5, 5.41) is 4.65. The van der Waals surface area contributed by atoms with E-state index in [4.69, 9.17) is 0 Å². The molecular formula is C10H18N4S. The second-order valence-electron chi connectivity index (χ2n) is 3.95. The van der Waals surface area contributed by atoms with E-state index < -0.39 is 0 Å². The first-order valence-corrected chi connectivity index (χ1v) is 6.39. The van der Waals surface area contributed by atoms with Crippen LogP contribution >= 0.6 is 11.5 Å². The third-order valence-electron chi connectivity index (χ3n) is 3.06. The predicted octanol–water partition coefficient (Wildman–Crippen LogP) is 1.50. The highest BCUT2D eigenvalue weighted by Gasteiger charge is 2.27. The second kappa shape index (κ2) is 4.90. The zero-order valence-electron chi connectivity index (χ0n) is 9.31. The molecule has 2 rings (SSSR count). The van der Waals surface area contributed by atoms with Gasteiger partial charge in [0.25, 0.3) is 0 Å². The van der Waals surface area contributed by atoms with Crippen LogP contribution in [0.15, 0.2) is 6.33 Å². The molecule has 2 unspecified atom stereocenters. The Labute approximate surface area is 94.9 Å². The summed E-state index contributed by atoms with van der Waals surface area (Å²) >= 11 is 1.50. The van der Waals surface area contributed by atoms with Gasteiger partial charge in [0, 0.05) is 36.7 Å². The van der Waals surface area contributed by atoms with Gasteiger partial charge in [0.2, 0.25) is 5.13 Å². The van der Waals surface area contributed by atoms with Crippen molar-refractivity contribution in [3.05, 3.63) is 6.33 Å². The fourth-order valence-electron chi connectivity index (χ4n) is 2.03. The number of rotatable bonds is 3. The van der Waals surface area contributed by atoms with Gasteiger partial charge in [-0.25, -0.2) is 4.98 Å². The van der Waals surface area contributed by atoms with Crippen LogP contribution in [0.3, 0.4) is 0 Å². The third-order valence-corrected chi connectivity index (χ3v) is 3.76. The van der Waals surface area contributed by atoms with Gasteiger partial charge in [-0.15, -0.1) is 0 Å². The van der Waals surface area contributed by atoms with Crippen molar-refractivity contribution < 1.29 is 0 Å². The van der Waals surface area contributed by atoms with Crippen LogP contribution in [0.4, 0.5) is 5.13 Å². The van der Waals surface area contributed by atoms with Gasteiger partial charge in [0.1, 0.15) is 6.33 Å². The lowest BCUT2D eigenvalue weighted by atomic mass is 10.1. The summed E-state index contributed by atoms with van der Waals surface area (Å²) < 4.78 is 4.09. The van der Waals surface area contributed by atoms with Crippen LogP contribution in [0.1, 0.15) is 26.7 Å². The van der Waals surface area contributed by atoms with Crippen LogP contribution in [0.25, 0.3) is 0 Å². The number of nitrogens with zero attached hydrogens (tertiary/aromatic N) is 3. The van der Waals surface area contributed by atoms with Gasteiger partial charge in [-0.3, -0.25) is 0 Å². The Morgan fingerprint density at radius 1 is 1.53 bits per heavy atom. The van der Waals surface area contributed by atoms with Gasteiger partial charge >= 0.3 is 0 Å². The molecule has 0 bridgehead atoms. The summed E-state index contributed by atoms with van der Waals surface area (Å²) in [6.45, 7) is 6.58. The van der Waals surface area contributed by atoms with Gasteiger partial charge in [-0.05, 0) is 12.8 Å². The van der Waals surface area contributed by atoms with E-state index in [-0.39, 0.29) is 0 Å². The normalized spacial score (nSPS) is 26.9. The molecule has 0 amide bonds. The third kappa shape index (κ3) is 2.29. The van der Waals surface area contributed by atoms with Crippen molar-refractivity contribution in [2.24, 2.45) is 0 Å². The average molecular weight is 226 g/mol. The fourth-order valence-corrected chi connectivity index (χ4v) is 2.64. The molecule has 1 aromatic heterocycles. The lowest BCUT2D eigenvalue weighted by Crippen LogP contribution is -2.56. The first-order chi connectivity index (χ1) is 7.35. The maximum atomic E-state index is 4.31. The molecule has 1 aromatic rings. The highest BCUT2D eigenvalue weighted by atomic mass is 32.1. The maximum Gasteiger partial charge on any atom is 0.205 e. The van der Waals surface area contributed by atoms with Gasteiger partial charge in [-0.2, -0.15) is 4.37 Å². The van der Waals surface area contributed by atoms with E-state index in [1.54, 1.807) is 6.33 Å². The molecule has 5 heteroatoms. The summed E-state index contributed by atoms with van der Waals surface area (Å²) in [6, 6.07) is 1.16. The molecule has 0 aromatic carbocycles. The number of hydrogen-bond donors (Lipinski definition) is 1. The van der Waals surface area contributed by atoms with Crippen molar-refractivity contribution in [3.8, 4) is 0 Å². The molecule has 84 valence electrons. The van der Waals surface area contributed by atoms with Gasteiger partial charge in [-0.1, -0.05) is 13.8 Å². The van der Waals surface area contributed by atoms with Crippen LogP contribution in [0, 0.1) is 0 Å². The van der Waals surface area contributed by atoms with Crippen LogP contribution in [0.2, 0.25) is 0 Å². The van der Waals surface area contributed by atoms with Crippen molar-refractivity contribution in [1.29, 1.82) is 0 Å². The standard InChI is InChI=1S/C10H18N4S/c1-3-8-6-14(9(4-2)5-11-8)10-12-7-13-15-10/h7-9,11H,3-6H2,1-2H3. The van der Waals surface area contributed by atoms with E-state index in [1.807, 2.05) is 0 Å². The lowest BCUT2D eigenvalue weighted by Gasteiger charge is -2.39. The minimum atomic E-state index is 0.570. The van der Waals surface area contributed by atoms with Gasteiger partial charge in [0.15, 0.2) is 0 Å². The van der Waals surface area contributed by atoms with E-state index in [2.05, 4.69) is 33.4 Å². The highest BCUT2D eigenvalue weighted by molar-refractivity contribution is 7.09. The minimum absolute atomic E-state index is 0.570. The topological polar surface area (TPSA) is 41.1 Å². The van der Waals surface area contributed by atoms with Gasteiger partial charge in [0.05, 0.1) is 0 Å². The summed E-state index contributed by atoms with van der Waals surface area (Å²) in [4.78, 5) is 6.72. The molecule has 1 aliphatic rings. The molecule has 0 saturated carbocycles. The van der Waals surface area contributed by atoms with Crippen molar-refractivity contribution in [1.82, 2.24) is 14.7 Å². The van der Waals surface area contributed by atoms with E-state index in [0.29, 0.717) is 12.1 Å². The monoisotopic (exact) mass is 226 g/mol.